The Balaban J connectivity index is 1.88. The largest absolute Gasteiger partial charge is 0.490 e. The van der Waals surface area contributed by atoms with Crippen molar-refractivity contribution in [1.29, 1.82) is 0 Å². The van der Waals surface area contributed by atoms with Gasteiger partial charge in [0.25, 0.3) is 0 Å². The fourth-order valence-corrected chi connectivity index (χ4v) is 3.36. The van der Waals surface area contributed by atoms with Crippen LogP contribution in [0.4, 0.5) is 4.79 Å². The van der Waals surface area contributed by atoms with E-state index in [4.69, 9.17) is 9.84 Å². The van der Waals surface area contributed by atoms with Crippen LogP contribution in [0.2, 0.25) is 0 Å². The van der Waals surface area contributed by atoms with Gasteiger partial charge in [0.1, 0.15) is 11.9 Å². The molecular weight excluding hydrogens is 326 g/mol. The number of aromatic nitrogens is 2. The van der Waals surface area contributed by atoms with Crippen LogP contribution in [-0.4, -0.2) is 43.7 Å². The van der Waals surface area contributed by atoms with Crippen LogP contribution in [0.3, 0.4) is 0 Å². The van der Waals surface area contributed by atoms with Gasteiger partial charge in [0.05, 0.1) is 6.04 Å². The summed E-state index contributed by atoms with van der Waals surface area (Å²) < 4.78 is 7.44. The lowest BCUT2D eigenvalue weighted by atomic mass is 9.76. The third kappa shape index (κ3) is 3.42. The van der Waals surface area contributed by atoms with Crippen molar-refractivity contribution in [2.45, 2.75) is 36.9 Å². The van der Waals surface area contributed by atoms with Crippen LogP contribution < -0.4 is 10.1 Å². The summed E-state index contributed by atoms with van der Waals surface area (Å²) in [6, 6.07) is 10.2. The summed E-state index contributed by atoms with van der Waals surface area (Å²) in [5.41, 5.74) is -1.64. The standard InChI is InChI=1S/C17H19N3O5/c21-15(22)17(19-16(23)24)8-7-13(25-12-5-2-1-3-6-12)11-14(17)20-10-4-9-18-20/h1-6,9-10,13-14,19H,7-8,11H2,(H,21,22)(H,23,24). The molecule has 1 aliphatic rings. The summed E-state index contributed by atoms with van der Waals surface area (Å²) in [7, 11) is 0. The molecule has 3 rings (SSSR count). The Kier molecular flexibility index (Phi) is 4.60. The fraction of sp³-hybridized carbons (Fsp3) is 0.353. The van der Waals surface area contributed by atoms with E-state index in [9.17, 15) is 14.7 Å². The summed E-state index contributed by atoms with van der Waals surface area (Å²) in [6.45, 7) is 0. The topological polar surface area (TPSA) is 114 Å². The highest BCUT2D eigenvalue weighted by Crippen LogP contribution is 2.39. The van der Waals surface area contributed by atoms with E-state index in [1.165, 1.54) is 10.9 Å². The number of ether oxygens (including phenoxy) is 1. The third-order valence-electron chi connectivity index (χ3n) is 4.52. The zero-order valence-corrected chi connectivity index (χ0v) is 13.4. The van der Waals surface area contributed by atoms with Gasteiger partial charge in [-0.25, -0.2) is 9.59 Å². The fourth-order valence-electron chi connectivity index (χ4n) is 3.36. The number of nitrogens with one attached hydrogen (secondary N) is 1. The second-order valence-corrected chi connectivity index (χ2v) is 6.04. The van der Waals surface area contributed by atoms with Gasteiger partial charge in [-0.05, 0) is 31.0 Å². The summed E-state index contributed by atoms with van der Waals surface area (Å²) >= 11 is 0. The Morgan fingerprint density at radius 1 is 1.24 bits per heavy atom. The first-order valence-electron chi connectivity index (χ1n) is 7.96. The predicted octanol–water partition coefficient (Wildman–Crippen LogP) is 2.15. The van der Waals surface area contributed by atoms with Crippen molar-refractivity contribution in [3.05, 3.63) is 48.8 Å². The van der Waals surface area contributed by atoms with E-state index in [-0.39, 0.29) is 12.5 Å². The molecule has 0 saturated heterocycles. The SMILES string of the molecule is O=C(O)NC1(C(=O)O)CCC(Oc2ccccc2)CC1n1cccn1. The highest BCUT2D eigenvalue weighted by molar-refractivity contribution is 5.84. The first kappa shape index (κ1) is 16.8. The quantitative estimate of drug-likeness (QED) is 0.765. The van der Waals surface area contributed by atoms with Crippen molar-refractivity contribution in [3.8, 4) is 5.75 Å². The van der Waals surface area contributed by atoms with E-state index in [1.54, 1.807) is 12.3 Å². The predicted molar refractivity (Wildman–Crippen MR) is 87.5 cm³/mol. The Bertz CT molecular complexity index is 734. The van der Waals surface area contributed by atoms with Gasteiger partial charge in [0, 0.05) is 18.8 Å². The number of benzene rings is 1. The van der Waals surface area contributed by atoms with E-state index in [0.717, 1.165) is 0 Å². The van der Waals surface area contributed by atoms with Gasteiger partial charge in [-0.15, -0.1) is 0 Å². The first-order valence-corrected chi connectivity index (χ1v) is 7.96. The maximum absolute atomic E-state index is 12.0. The molecule has 132 valence electrons. The molecule has 8 nitrogen and oxygen atoms in total. The van der Waals surface area contributed by atoms with E-state index < -0.39 is 23.6 Å². The van der Waals surface area contributed by atoms with Gasteiger partial charge in [0.2, 0.25) is 0 Å². The normalized spacial score (nSPS) is 25.9. The molecule has 1 aromatic heterocycles. The lowest BCUT2D eigenvalue weighted by Gasteiger charge is -2.43. The molecule has 3 unspecified atom stereocenters. The van der Waals surface area contributed by atoms with Crippen LogP contribution in [-0.2, 0) is 4.79 Å². The lowest BCUT2D eigenvalue weighted by Crippen LogP contribution is -2.62. The number of hydrogen-bond donors (Lipinski definition) is 3. The van der Waals surface area contributed by atoms with Crippen LogP contribution in [0, 0.1) is 0 Å². The van der Waals surface area contributed by atoms with Crippen LogP contribution in [0.1, 0.15) is 25.3 Å². The summed E-state index contributed by atoms with van der Waals surface area (Å²) in [5.74, 6) is -0.519. The maximum Gasteiger partial charge on any atom is 0.405 e. The molecule has 1 amide bonds. The van der Waals surface area contributed by atoms with Crippen molar-refractivity contribution in [1.82, 2.24) is 15.1 Å². The van der Waals surface area contributed by atoms with Crippen molar-refractivity contribution in [2.75, 3.05) is 0 Å². The Hall–Kier alpha value is -3.03. The highest BCUT2D eigenvalue weighted by Gasteiger charge is 2.52. The number of nitrogens with zero attached hydrogens (tertiary/aromatic N) is 2. The molecule has 1 heterocycles. The molecule has 0 radical (unpaired) electrons. The third-order valence-corrected chi connectivity index (χ3v) is 4.52. The van der Waals surface area contributed by atoms with Crippen LogP contribution in [0.25, 0.3) is 0 Å². The van der Waals surface area contributed by atoms with Gasteiger partial charge in [-0.2, -0.15) is 5.10 Å². The number of aliphatic carboxylic acids is 1. The number of carboxylic acid groups (broad SMARTS) is 2. The van der Waals surface area contributed by atoms with Crippen LogP contribution >= 0.6 is 0 Å². The Labute approximate surface area is 144 Å². The molecule has 3 N–H and O–H groups in total. The molecule has 1 saturated carbocycles. The van der Waals surface area contributed by atoms with Crippen molar-refractivity contribution in [3.63, 3.8) is 0 Å². The van der Waals surface area contributed by atoms with E-state index in [2.05, 4.69) is 10.4 Å². The number of carbonyl (C=O) groups is 2. The van der Waals surface area contributed by atoms with Crippen molar-refractivity contribution < 1.29 is 24.5 Å². The molecule has 2 aromatic rings. The highest BCUT2D eigenvalue weighted by atomic mass is 16.5. The van der Waals surface area contributed by atoms with E-state index in [0.29, 0.717) is 18.6 Å². The average Bonchev–Trinajstić information content (AvgIpc) is 3.11. The molecule has 0 spiro atoms. The number of para-hydroxylation sites is 1. The molecular formula is C17H19N3O5. The lowest BCUT2D eigenvalue weighted by molar-refractivity contribution is -0.149. The average molecular weight is 345 g/mol. The molecule has 8 heteroatoms. The molecule has 0 bridgehead atoms. The van der Waals surface area contributed by atoms with Gasteiger partial charge in [-0.3, -0.25) is 4.68 Å². The zero-order valence-electron chi connectivity index (χ0n) is 13.4. The second kappa shape index (κ2) is 6.84. The number of rotatable bonds is 5. The summed E-state index contributed by atoms with van der Waals surface area (Å²) in [5, 5.41) is 25.3. The minimum Gasteiger partial charge on any atom is -0.490 e. The first-order chi connectivity index (χ1) is 12.0. The molecule has 3 atom stereocenters. The van der Waals surface area contributed by atoms with E-state index >= 15 is 0 Å². The monoisotopic (exact) mass is 345 g/mol. The Morgan fingerprint density at radius 2 is 2.00 bits per heavy atom. The summed E-state index contributed by atoms with van der Waals surface area (Å²) in [4.78, 5) is 23.2. The molecule has 25 heavy (non-hydrogen) atoms. The van der Waals surface area contributed by atoms with Gasteiger partial charge in [0.15, 0.2) is 5.54 Å². The van der Waals surface area contributed by atoms with Gasteiger partial charge in [-0.1, -0.05) is 18.2 Å². The number of amides is 1. The second-order valence-electron chi connectivity index (χ2n) is 6.04. The van der Waals surface area contributed by atoms with Crippen molar-refractivity contribution in [2.24, 2.45) is 0 Å². The van der Waals surface area contributed by atoms with E-state index in [1.807, 2.05) is 30.3 Å². The minimum absolute atomic E-state index is 0.108. The van der Waals surface area contributed by atoms with Crippen LogP contribution in [0.15, 0.2) is 48.8 Å². The molecule has 1 fully saturated rings. The molecule has 1 aliphatic carbocycles. The number of carboxylic acids is 1. The maximum atomic E-state index is 12.0. The molecule has 0 aliphatic heterocycles. The molecule has 1 aromatic carbocycles. The number of hydrogen-bond acceptors (Lipinski definition) is 4. The van der Waals surface area contributed by atoms with Gasteiger partial charge >= 0.3 is 12.1 Å². The Morgan fingerprint density at radius 3 is 2.60 bits per heavy atom. The van der Waals surface area contributed by atoms with Gasteiger partial charge < -0.3 is 20.3 Å². The van der Waals surface area contributed by atoms with Crippen molar-refractivity contribution >= 4 is 12.1 Å². The smallest absolute Gasteiger partial charge is 0.405 e. The summed E-state index contributed by atoms with van der Waals surface area (Å²) in [6.07, 6.45) is 2.41. The van der Waals surface area contributed by atoms with Crippen LogP contribution in [0.5, 0.6) is 5.75 Å². The zero-order chi connectivity index (χ0) is 17.9. The minimum atomic E-state index is -1.64.